The lowest BCUT2D eigenvalue weighted by Crippen LogP contribution is -2.60. The molecule has 6 heterocycles. The van der Waals surface area contributed by atoms with Gasteiger partial charge in [0.15, 0.2) is 0 Å². The number of hydrogen-bond acceptors (Lipinski definition) is 11. The molecule has 7 rings (SSSR count). The minimum absolute atomic E-state index is 0.155. The minimum Gasteiger partial charge on any atom is -0.464 e. The van der Waals surface area contributed by atoms with E-state index in [1.165, 1.54) is 21.9 Å². The number of fused-ring (bicyclic) bond motifs is 6. The van der Waals surface area contributed by atoms with Crippen molar-refractivity contribution in [2.45, 2.75) is 111 Å². The molecule has 2 fully saturated rings. The van der Waals surface area contributed by atoms with Crippen LogP contribution >= 0.6 is 11.3 Å². The second-order valence-electron chi connectivity index (χ2n) is 17.6. The van der Waals surface area contributed by atoms with Crippen LogP contribution in [0.3, 0.4) is 0 Å². The standard InChI is InChI=1S/C43H58N8O5S/c1-9-50-35-13-12-27-19-29(35)31(38(50)30-20-28(23-45-37(30)26(2)3)49-17-14-44-15-18-49)22-43(7,8)25-55-40(53)32-11-10-16-51(48-32)39(52)33(21-36-46-34(27)24-57-36)47-41(54)56-42(4,5)6/h12-13,19-20,23-24,26,32-33,44,48H,9-11,14-18,21-22,25H2,1-8H3,(H,47,54)/t32-,33-/m0/s1. The van der Waals surface area contributed by atoms with E-state index in [2.05, 4.69) is 84.4 Å². The first-order valence-corrected chi connectivity index (χ1v) is 21.3. The predicted molar refractivity (Wildman–Crippen MR) is 224 cm³/mol. The van der Waals surface area contributed by atoms with Crippen LogP contribution in [-0.4, -0.2) is 94.5 Å². The van der Waals surface area contributed by atoms with Crippen LogP contribution in [-0.2, 0) is 38.4 Å². The number of nitrogens with zero attached hydrogens (tertiary/aromatic N) is 5. The Hall–Kier alpha value is -4.53. The summed E-state index contributed by atoms with van der Waals surface area (Å²) in [6, 6.07) is 7.18. The largest absolute Gasteiger partial charge is 0.464 e. The zero-order chi connectivity index (χ0) is 40.6. The topological polar surface area (TPSA) is 143 Å². The van der Waals surface area contributed by atoms with Gasteiger partial charge in [-0.25, -0.2) is 15.2 Å². The van der Waals surface area contributed by atoms with Crippen molar-refractivity contribution < 1.29 is 23.9 Å². The molecule has 4 aromatic rings. The lowest BCUT2D eigenvalue weighted by molar-refractivity contribution is -0.155. The third-order valence-corrected chi connectivity index (χ3v) is 11.8. The molecule has 57 heavy (non-hydrogen) atoms. The van der Waals surface area contributed by atoms with Crippen molar-refractivity contribution in [3.05, 3.63) is 52.1 Å². The van der Waals surface area contributed by atoms with Crippen LogP contribution in [0.15, 0.2) is 35.8 Å². The predicted octanol–water partition coefficient (Wildman–Crippen LogP) is 6.44. The smallest absolute Gasteiger partial charge is 0.408 e. The third kappa shape index (κ3) is 8.97. The molecule has 0 aliphatic carbocycles. The van der Waals surface area contributed by atoms with Crippen LogP contribution in [0.4, 0.5) is 10.5 Å². The Bertz CT molecular complexity index is 2130. The number of aryl methyl sites for hydroxylation is 1. The molecule has 0 spiro atoms. The van der Waals surface area contributed by atoms with Gasteiger partial charge in [-0.05, 0) is 76.6 Å². The number of cyclic esters (lactones) is 1. The number of piperazine rings is 1. The number of anilines is 1. The zero-order valence-corrected chi connectivity index (χ0v) is 35.5. The summed E-state index contributed by atoms with van der Waals surface area (Å²) < 4.78 is 14.1. The number of amides is 2. The average molecular weight is 799 g/mol. The quantitative estimate of drug-likeness (QED) is 0.193. The fourth-order valence-electron chi connectivity index (χ4n) is 8.17. The normalized spacial score (nSPS) is 20.7. The summed E-state index contributed by atoms with van der Waals surface area (Å²) >= 11 is 1.45. The van der Waals surface area contributed by atoms with Crippen molar-refractivity contribution >= 4 is 45.9 Å². The fraction of sp³-hybridized carbons (Fsp3) is 0.558. The number of hydrogen-bond donors (Lipinski definition) is 3. The Labute approximate surface area is 339 Å². The van der Waals surface area contributed by atoms with Crippen molar-refractivity contribution in [1.82, 2.24) is 35.6 Å². The summed E-state index contributed by atoms with van der Waals surface area (Å²) in [5.41, 5.74) is 10.4. The van der Waals surface area contributed by atoms with E-state index in [0.717, 1.165) is 77.5 Å². The molecule has 0 saturated carbocycles. The van der Waals surface area contributed by atoms with Crippen LogP contribution in [0, 0.1) is 5.41 Å². The number of esters is 1. The van der Waals surface area contributed by atoms with Gasteiger partial charge >= 0.3 is 12.1 Å². The molecular weight excluding hydrogens is 741 g/mol. The van der Waals surface area contributed by atoms with Crippen molar-refractivity contribution in [2.75, 3.05) is 44.2 Å². The Balaban J connectivity index is 1.37. The Morgan fingerprint density at radius 2 is 1.91 bits per heavy atom. The monoisotopic (exact) mass is 798 g/mol. The molecular formula is C43H58N8O5S. The highest BCUT2D eigenvalue weighted by molar-refractivity contribution is 7.10. The number of nitrogens with one attached hydrogen (secondary N) is 3. The molecule has 3 aliphatic rings. The van der Waals surface area contributed by atoms with Gasteiger partial charge in [-0.15, -0.1) is 11.3 Å². The number of pyridine rings is 1. The number of benzene rings is 1. The molecule has 0 unspecified atom stereocenters. The number of carbonyl (C=O) groups is 3. The van der Waals surface area contributed by atoms with Crippen LogP contribution in [0.2, 0.25) is 0 Å². The summed E-state index contributed by atoms with van der Waals surface area (Å²) in [5, 5.41) is 11.5. The summed E-state index contributed by atoms with van der Waals surface area (Å²) in [7, 11) is 0. The van der Waals surface area contributed by atoms with Crippen molar-refractivity contribution in [3.8, 4) is 22.5 Å². The number of aromatic nitrogens is 3. The summed E-state index contributed by atoms with van der Waals surface area (Å²) in [6.45, 7) is 21.2. The Kier molecular flexibility index (Phi) is 11.7. The molecule has 14 heteroatoms. The highest BCUT2D eigenvalue weighted by Crippen LogP contribution is 2.43. The first kappa shape index (κ1) is 40.7. The van der Waals surface area contributed by atoms with Gasteiger partial charge in [-0.2, -0.15) is 0 Å². The van der Waals surface area contributed by atoms with Gasteiger partial charge in [-0.1, -0.05) is 33.8 Å². The van der Waals surface area contributed by atoms with Crippen molar-refractivity contribution in [2.24, 2.45) is 5.41 Å². The highest BCUT2D eigenvalue weighted by Gasteiger charge is 2.36. The van der Waals surface area contributed by atoms with Gasteiger partial charge < -0.3 is 29.6 Å². The Morgan fingerprint density at radius 3 is 2.63 bits per heavy atom. The molecule has 3 aliphatic heterocycles. The molecule has 6 bridgehead atoms. The summed E-state index contributed by atoms with van der Waals surface area (Å²) in [5.74, 6) is -0.586. The number of carbonyl (C=O) groups excluding carboxylic acids is 3. The minimum atomic E-state index is -0.977. The molecule has 0 radical (unpaired) electrons. The van der Waals surface area contributed by atoms with E-state index in [1.54, 1.807) is 20.8 Å². The lowest BCUT2D eigenvalue weighted by atomic mass is 9.84. The summed E-state index contributed by atoms with van der Waals surface area (Å²) in [6.07, 6.45) is 3.25. The number of ether oxygens (including phenoxy) is 2. The maximum absolute atomic E-state index is 14.1. The highest BCUT2D eigenvalue weighted by atomic mass is 32.1. The number of alkyl carbamates (subject to hydrolysis) is 1. The molecule has 13 nitrogen and oxygen atoms in total. The van der Waals surface area contributed by atoms with Gasteiger partial charge in [0, 0.05) is 78.5 Å². The van der Waals surface area contributed by atoms with Gasteiger partial charge in [0.2, 0.25) is 0 Å². The van der Waals surface area contributed by atoms with E-state index in [9.17, 15) is 14.4 Å². The van der Waals surface area contributed by atoms with E-state index in [0.29, 0.717) is 30.8 Å². The van der Waals surface area contributed by atoms with Gasteiger partial charge in [-0.3, -0.25) is 19.6 Å². The first-order chi connectivity index (χ1) is 27.1. The summed E-state index contributed by atoms with van der Waals surface area (Å²) in [4.78, 5) is 53.5. The number of hydrazine groups is 1. The molecule has 306 valence electrons. The van der Waals surface area contributed by atoms with Crippen LogP contribution in [0.25, 0.3) is 33.4 Å². The van der Waals surface area contributed by atoms with E-state index in [-0.39, 0.29) is 24.9 Å². The molecule has 2 amide bonds. The van der Waals surface area contributed by atoms with Gasteiger partial charge in [0.25, 0.3) is 5.91 Å². The third-order valence-electron chi connectivity index (χ3n) is 10.9. The van der Waals surface area contributed by atoms with Crippen molar-refractivity contribution in [1.29, 1.82) is 0 Å². The van der Waals surface area contributed by atoms with Crippen LogP contribution < -0.4 is 21.0 Å². The molecule has 1 aromatic carbocycles. The number of thiazole rings is 1. The van der Waals surface area contributed by atoms with Crippen molar-refractivity contribution in [3.63, 3.8) is 0 Å². The Morgan fingerprint density at radius 1 is 1.14 bits per heavy atom. The second-order valence-corrected chi connectivity index (χ2v) is 18.6. The van der Waals surface area contributed by atoms with E-state index >= 15 is 0 Å². The van der Waals surface area contributed by atoms with E-state index in [4.69, 9.17) is 19.4 Å². The average Bonchev–Trinajstić information content (AvgIpc) is 3.77. The molecule has 3 aromatic heterocycles. The van der Waals surface area contributed by atoms with Crippen LogP contribution in [0.5, 0.6) is 0 Å². The fourth-order valence-corrected chi connectivity index (χ4v) is 9.02. The zero-order valence-electron chi connectivity index (χ0n) is 34.7. The molecule has 2 atom stereocenters. The first-order valence-electron chi connectivity index (χ1n) is 20.4. The van der Waals surface area contributed by atoms with Gasteiger partial charge in [0.1, 0.15) is 17.7 Å². The van der Waals surface area contributed by atoms with Crippen LogP contribution in [0.1, 0.15) is 90.4 Å². The maximum Gasteiger partial charge on any atom is 0.408 e. The maximum atomic E-state index is 14.1. The second kappa shape index (κ2) is 16.4. The lowest BCUT2D eigenvalue weighted by Gasteiger charge is -2.35. The van der Waals surface area contributed by atoms with E-state index < -0.39 is 35.2 Å². The molecule has 3 N–H and O–H groups in total. The SMILES string of the molecule is CCn1c(-c2cc(N3CCNCC3)cnc2C(C)C)c2c3cc(ccc31)-c1csc(n1)C[C@H](NC(=O)OC(C)(C)C)C(=O)N1CCC[C@H](N1)C(=O)OCC(C)(C)C2. The van der Waals surface area contributed by atoms with Gasteiger partial charge in [0.05, 0.1) is 40.6 Å². The van der Waals surface area contributed by atoms with E-state index in [1.807, 2.05) is 11.6 Å². The number of rotatable bonds is 5. The molecule has 2 saturated heterocycles.